The van der Waals surface area contributed by atoms with Crippen LogP contribution >= 0.6 is 0 Å². The van der Waals surface area contributed by atoms with Crippen LogP contribution in [0.2, 0.25) is 0 Å². The van der Waals surface area contributed by atoms with Crippen LogP contribution in [-0.2, 0) is 11.3 Å². The Morgan fingerprint density at radius 3 is 3.00 bits per heavy atom. The van der Waals surface area contributed by atoms with Gasteiger partial charge in [-0.2, -0.15) is 18.3 Å². The molecule has 1 aliphatic rings. The van der Waals surface area contributed by atoms with E-state index in [1.54, 1.807) is 24.1 Å². The molecule has 2 heterocycles. The zero-order valence-corrected chi connectivity index (χ0v) is 13.0. The van der Waals surface area contributed by atoms with Crippen LogP contribution in [0.1, 0.15) is 19.3 Å². The number of ether oxygens (including phenoxy) is 1. The smallest absolute Gasteiger partial charge is 0.385 e. The highest BCUT2D eigenvalue weighted by molar-refractivity contribution is 5.88. The van der Waals surface area contributed by atoms with Crippen LogP contribution in [0.3, 0.4) is 0 Å². The van der Waals surface area contributed by atoms with E-state index in [0.29, 0.717) is 31.9 Å². The van der Waals surface area contributed by atoms with Crippen molar-refractivity contribution >= 4 is 11.8 Å². The number of carbonyl (C=O) groups is 1. The lowest BCUT2D eigenvalue weighted by Gasteiger charge is -2.33. The minimum atomic E-state index is -4.26. The van der Waals surface area contributed by atoms with Gasteiger partial charge in [0, 0.05) is 45.6 Å². The third-order valence-electron chi connectivity index (χ3n) is 3.78. The number of methoxy groups -OCH3 is 1. The van der Waals surface area contributed by atoms with E-state index < -0.39 is 18.1 Å². The molecule has 0 bridgehead atoms. The van der Waals surface area contributed by atoms with E-state index in [2.05, 4.69) is 10.4 Å². The second-order valence-electron chi connectivity index (χ2n) is 5.57. The van der Waals surface area contributed by atoms with Gasteiger partial charge in [0.25, 0.3) is 0 Å². The fourth-order valence-corrected chi connectivity index (χ4v) is 2.54. The maximum atomic E-state index is 12.8. The van der Waals surface area contributed by atoms with Gasteiger partial charge >= 0.3 is 12.2 Å². The van der Waals surface area contributed by atoms with Crippen LogP contribution in [0.15, 0.2) is 12.3 Å². The zero-order valence-electron chi connectivity index (χ0n) is 13.0. The molecule has 1 aromatic rings. The number of urea groups is 1. The number of rotatable bonds is 5. The van der Waals surface area contributed by atoms with E-state index >= 15 is 0 Å². The molecule has 0 saturated carbocycles. The quantitative estimate of drug-likeness (QED) is 0.843. The zero-order chi connectivity index (χ0) is 16.9. The van der Waals surface area contributed by atoms with Gasteiger partial charge < -0.3 is 9.64 Å². The first-order valence-corrected chi connectivity index (χ1v) is 7.55. The molecule has 1 aliphatic heterocycles. The van der Waals surface area contributed by atoms with E-state index in [4.69, 9.17) is 4.74 Å². The molecule has 1 saturated heterocycles. The van der Waals surface area contributed by atoms with Crippen molar-refractivity contribution < 1.29 is 22.7 Å². The van der Waals surface area contributed by atoms with E-state index in [1.165, 1.54) is 4.90 Å². The Kier molecular flexibility index (Phi) is 5.86. The number of aryl methyl sites for hydroxylation is 1. The number of likely N-dealkylation sites (tertiary alicyclic amines) is 1. The molecule has 9 heteroatoms. The number of amides is 2. The van der Waals surface area contributed by atoms with Gasteiger partial charge in [0.2, 0.25) is 0 Å². The highest BCUT2D eigenvalue weighted by Gasteiger charge is 2.42. The van der Waals surface area contributed by atoms with Crippen LogP contribution < -0.4 is 5.32 Å². The number of aromatic nitrogens is 2. The topological polar surface area (TPSA) is 59.4 Å². The van der Waals surface area contributed by atoms with Crippen LogP contribution in [0.4, 0.5) is 23.8 Å². The largest absolute Gasteiger partial charge is 0.393 e. The lowest BCUT2D eigenvalue weighted by molar-refractivity contribution is -0.183. The fourth-order valence-electron chi connectivity index (χ4n) is 2.54. The van der Waals surface area contributed by atoms with Crippen molar-refractivity contribution in [1.82, 2.24) is 14.7 Å². The van der Waals surface area contributed by atoms with Crippen LogP contribution in [0.25, 0.3) is 0 Å². The Morgan fingerprint density at radius 1 is 1.52 bits per heavy atom. The number of anilines is 1. The number of hydrogen-bond acceptors (Lipinski definition) is 3. The van der Waals surface area contributed by atoms with Gasteiger partial charge in [-0.25, -0.2) is 4.79 Å². The number of piperidine rings is 1. The number of carbonyl (C=O) groups excluding carboxylic acids is 1. The Balaban J connectivity index is 1.86. The molecule has 0 aromatic carbocycles. The molecule has 2 rings (SSSR count). The first kappa shape index (κ1) is 17.6. The number of halogens is 3. The molecule has 0 aliphatic carbocycles. The van der Waals surface area contributed by atoms with E-state index in [1.807, 2.05) is 0 Å². The van der Waals surface area contributed by atoms with Gasteiger partial charge in [0.05, 0.1) is 5.92 Å². The summed E-state index contributed by atoms with van der Waals surface area (Å²) in [6.45, 7) is 1.27. The SMILES string of the molecule is COCCCn1ccc(NC(=O)N2CCC[C@@H](C(F)(F)F)C2)n1. The van der Waals surface area contributed by atoms with Crippen molar-refractivity contribution in [3.63, 3.8) is 0 Å². The fraction of sp³-hybridized carbons (Fsp3) is 0.714. The molecule has 0 unspecified atom stereocenters. The third kappa shape index (κ3) is 5.12. The normalized spacial score (nSPS) is 19.0. The van der Waals surface area contributed by atoms with Crippen molar-refractivity contribution in [3.8, 4) is 0 Å². The summed E-state index contributed by atoms with van der Waals surface area (Å²) in [6, 6.07) is 1.08. The van der Waals surface area contributed by atoms with E-state index in [-0.39, 0.29) is 13.0 Å². The van der Waals surface area contributed by atoms with Crippen molar-refractivity contribution in [2.45, 2.75) is 32.0 Å². The molecule has 2 amide bonds. The standard InChI is InChI=1S/C14H21F3N4O2/c1-23-9-3-7-21-8-5-12(19-21)18-13(22)20-6-2-4-11(10-20)14(15,16)17/h5,8,11H,2-4,6-7,9-10H2,1H3,(H,18,19,22)/t11-/m1/s1. The molecule has 1 N–H and O–H groups in total. The minimum Gasteiger partial charge on any atom is -0.385 e. The second kappa shape index (κ2) is 7.67. The Bertz CT molecular complexity index is 518. The summed E-state index contributed by atoms with van der Waals surface area (Å²) >= 11 is 0. The highest BCUT2D eigenvalue weighted by atomic mass is 19.4. The second-order valence-corrected chi connectivity index (χ2v) is 5.57. The molecule has 6 nitrogen and oxygen atoms in total. The predicted molar refractivity (Wildman–Crippen MR) is 78.1 cm³/mol. The van der Waals surface area contributed by atoms with Crippen molar-refractivity contribution in [1.29, 1.82) is 0 Å². The van der Waals surface area contributed by atoms with Gasteiger partial charge in [-0.3, -0.25) is 10.00 Å². The Morgan fingerprint density at radius 2 is 2.30 bits per heavy atom. The van der Waals surface area contributed by atoms with E-state index in [0.717, 1.165) is 6.42 Å². The number of hydrogen-bond donors (Lipinski definition) is 1. The average Bonchev–Trinajstić information content (AvgIpc) is 2.94. The molecule has 0 radical (unpaired) electrons. The molecule has 0 spiro atoms. The summed E-state index contributed by atoms with van der Waals surface area (Å²) in [5.74, 6) is -1.12. The summed E-state index contributed by atoms with van der Waals surface area (Å²) in [4.78, 5) is 13.3. The van der Waals surface area contributed by atoms with Crippen LogP contribution in [-0.4, -0.2) is 53.7 Å². The highest BCUT2D eigenvalue weighted by Crippen LogP contribution is 2.33. The Hall–Kier alpha value is -1.77. The molecular weight excluding hydrogens is 313 g/mol. The summed E-state index contributed by atoms with van der Waals surface area (Å²) in [7, 11) is 1.61. The maximum absolute atomic E-state index is 12.8. The number of alkyl halides is 3. The predicted octanol–water partition coefficient (Wildman–Crippen LogP) is 2.73. The number of nitrogens with one attached hydrogen (secondary N) is 1. The average molecular weight is 334 g/mol. The molecular formula is C14H21F3N4O2. The molecule has 1 aromatic heterocycles. The van der Waals surface area contributed by atoms with Crippen LogP contribution in [0, 0.1) is 5.92 Å². The number of nitrogens with zero attached hydrogens (tertiary/aromatic N) is 3. The summed E-state index contributed by atoms with van der Waals surface area (Å²) in [6.07, 6.45) is -1.35. The molecule has 130 valence electrons. The lowest BCUT2D eigenvalue weighted by atomic mass is 9.98. The first-order valence-electron chi connectivity index (χ1n) is 7.55. The van der Waals surface area contributed by atoms with Crippen molar-refractivity contribution in [2.75, 3.05) is 32.1 Å². The van der Waals surface area contributed by atoms with Gasteiger partial charge in [0.15, 0.2) is 5.82 Å². The summed E-state index contributed by atoms with van der Waals surface area (Å²) < 4.78 is 44.9. The van der Waals surface area contributed by atoms with Crippen molar-refractivity contribution in [2.24, 2.45) is 5.92 Å². The molecule has 1 atom stereocenters. The monoisotopic (exact) mass is 334 g/mol. The molecule has 23 heavy (non-hydrogen) atoms. The van der Waals surface area contributed by atoms with E-state index in [9.17, 15) is 18.0 Å². The lowest BCUT2D eigenvalue weighted by Crippen LogP contribution is -2.46. The third-order valence-corrected chi connectivity index (χ3v) is 3.78. The Labute approximate surface area is 132 Å². The minimum absolute atomic E-state index is 0.0708. The van der Waals surface area contributed by atoms with Gasteiger partial charge in [-0.15, -0.1) is 0 Å². The maximum Gasteiger partial charge on any atom is 0.393 e. The first-order chi connectivity index (χ1) is 10.9. The summed E-state index contributed by atoms with van der Waals surface area (Å²) in [5.41, 5.74) is 0. The van der Waals surface area contributed by atoms with Crippen molar-refractivity contribution in [3.05, 3.63) is 12.3 Å². The summed E-state index contributed by atoms with van der Waals surface area (Å²) in [5, 5.41) is 6.72. The van der Waals surface area contributed by atoms with Crippen LogP contribution in [0.5, 0.6) is 0 Å². The van der Waals surface area contributed by atoms with Gasteiger partial charge in [-0.1, -0.05) is 0 Å². The van der Waals surface area contributed by atoms with Gasteiger partial charge in [0.1, 0.15) is 0 Å². The van der Waals surface area contributed by atoms with Gasteiger partial charge in [-0.05, 0) is 19.3 Å². The molecule has 1 fully saturated rings.